The molecule has 1 aromatic carbocycles. The molecular formula is C15H15NO4. The van der Waals surface area contributed by atoms with E-state index in [4.69, 9.17) is 14.6 Å². The molecule has 0 unspecified atom stereocenters. The Labute approximate surface area is 116 Å². The van der Waals surface area contributed by atoms with E-state index in [2.05, 4.69) is 4.98 Å². The van der Waals surface area contributed by atoms with E-state index in [0.717, 1.165) is 5.56 Å². The van der Waals surface area contributed by atoms with Gasteiger partial charge in [0, 0.05) is 12.4 Å². The average molecular weight is 273 g/mol. The third-order valence-corrected chi connectivity index (χ3v) is 2.59. The van der Waals surface area contributed by atoms with E-state index in [9.17, 15) is 4.79 Å². The van der Waals surface area contributed by atoms with Gasteiger partial charge in [-0.15, -0.1) is 0 Å². The van der Waals surface area contributed by atoms with Gasteiger partial charge in [-0.1, -0.05) is 18.2 Å². The minimum Gasteiger partial charge on any atom is -0.490 e. The summed E-state index contributed by atoms with van der Waals surface area (Å²) in [5.74, 6) is -0.651. The quantitative estimate of drug-likeness (QED) is 0.784. The minimum absolute atomic E-state index is 0.153. The topological polar surface area (TPSA) is 68.7 Å². The molecule has 0 aliphatic carbocycles. The Morgan fingerprint density at radius 3 is 2.75 bits per heavy atom. The number of rotatable bonds is 7. The van der Waals surface area contributed by atoms with Crippen molar-refractivity contribution >= 4 is 5.97 Å². The predicted molar refractivity (Wildman–Crippen MR) is 72.8 cm³/mol. The van der Waals surface area contributed by atoms with Crippen molar-refractivity contribution in [3.63, 3.8) is 0 Å². The molecule has 0 saturated carbocycles. The number of aromatic nitrogens is 1. The molecule has 0 atom stereocenters. The fraction of sp³-hybridized carbons (Fsp3) is 0.200. The normalized spacial score (nSPS) is 10.2. The summed E-state index contributed by atoms with van der Waals surface area (Å²) in [6.07, 6.45) is 3.44. The van der Waals surface area contributed by atoms with Gasteiger partial charge in [0.25, 0.3) is 0 Å². The molecule has 0 bridgehead atoms. The first-order valence-corrected chi connectivity index (χ1v) is 6.19. The van der Waals surface area contributed by atoms with Gasteiger partial charge in [-0.2, -0.15) is 0 Å². The van der Waals surface area contributed by atoms with Crippen LogP contribution in [-0.4, -0.2) is 29.3 Å². The van der Waals surface area contributed by atoms with Crippen LogP contribution in [0.3, 0.4) is 0 Å². The maximum atomic E-state index is 11.0. The maximum Gasteiger partial charge on any atom is 0.339 e. The van der Waals surface area contributed by atoms with Crippen LogP contribution in [0.15, 0.2) is 48.8 Å². The van der Waals surface area contributed by atoms with E-state index in [-0.39, 0.29) is 5.56 Å². The highest BCUT2D eigenvalue weighted by atomic mass is 16.5. The first-order chi connectivity index (χ1) is 9.77. The number of carbonyl (C=O) groups is 1. The standard InChI is InChI=1S/C15H15NO4/c17-15(18)13-5-1-2-6-14(13)20-9-8-19-11-12-4-3-7-16-10-12/h1-7,10H,8-9,11H2,(H,17,18). The number of hydrogen-bond acceptors (Lipinski definition) is 4. The maximum absolute atomic E-state index is 11.0. The Balaban J connectivity index is 1.75. The van der Waals surface area contributed by atoms with Gasteiger partial charge in [0.15, 0.2) is 0 Å². The average Bonchev–Trinajstić information content (AvgIpc) is 2.48. The molecule has 5 nitrogen and oxygen atoms in total. The number of benzene rings is 1. The number of hydrogen-bond donors (Lipinski definition) is 1. The van der Waals surface area contributed by atoms with Crippen molar-refractivity contribution in [1.82, 2.24) is 4.98 Å². The molecule has 5 heteroatoms. The number of ether oxygens (including phenoxy) is 2. The van der Waals surface area contributed by atoms with Crippen LogP contribution in [0.25, 0.3) is 0 Å². The first-order valence-electron chi connectivity index (χ1n) is 6.19. The molecule has 1 heterocycles. The second kappa shape index (κ2) is 7.25. The zero-order chi connectivity index (χ0) is 14.2. The number of para-hydroxylation sites is 1. The number of pyridine rings is 1. The number of carboxylic acids is 1. The highest BCUT2D eigenvalue weighted by molar-refractivity contribution is 5.90. The zero-order valence-electron chi connectivity index (χ0n) is 10.9. The fourth-order valence-corrected chi connectivity index (χ4v) is 1.65. The largest absolute Gasteiger partial charge is 0.490 e. The SMILES string of the molecule is O=C(O)c1ccccc1OCCOCc1cccnc1. The van der Waals surface area contributed by atoms with Crippen LogP contribution in [0.4, 0.5) is 0 Å². The molecule has 1 N–H and O–H groups in total. The van der Waals surface area contributed by atoms with Gasteiger partial charge in [0.2, 0.25) is 0 Å². The molecule has 0 radical (unpaired) electrons. The van der Waals surface area contributed by atoms with E-state index >= 15 is 0 Å². The van der Waals surface area contributed by atoms with E-state index < -0.39 is 5.97 Å². The summed E-state index contributed by atoms with van der Waals surface area (Å²) in [7, 11) is 0. The van der Waals surface area contributed by atoms with Crippen molar-refractivity contribution in [2.75, 3.05) is 13.2 Å². The molecule has 0 amide bonds. The third-order valence-electron chi connectivity index (χ3n) is 2.59. The van der Waals surface area contributed by atoms with E-state index in [1.54, 1.807) is 30.6 Å². The van der Waals surface area contributed by atoms with Gasteiger partial charge in [-0.25, -0.2) is 4.79 Å². The molecule has 2 rings (SSSR count). The molecule has 104 valence electrons. The fourth-order valence-electron chi connectivity index (χ4n) is 1.65. The van der Waals surface area contributed by atoms with E-state index in [0.29, 0.717) is 25.6 Å². The van der Waals surface area contributed by atoms with E-state index in [1.165, 1.54) is 6.07 Å². The van der Waals surface area contributed by atoms with Crippen molar-refractivity contribution in [2.24, 2.45) is 0 Å². The lowest BCUT2D eigenvalue weighted by Gasteiger charge is -2.09. The van der Waals surface area contributed by atoms with Crippen molar-refractivity contribution in [3.05, 3.63) is 59.9 Å². The number of nitrogens with zero attached hydrogens (tertiary/aromatic N) is 1. The first kappa shape index (κ1) is 14.0. The molecule has 2 aromatic rings. The van der Waals surface area contributed by atoms with Crippen LogP contribution >= 0.6 is 0 Å². The lowest BCUT2D eigenvalue weighted by molar-refractivity contribution is 0.0681. The summed E-state index contributed by atoms with van der Waals surface area (Å²) in [6, 6.07) is 10.3. The molecule has 0 fully saturated rings. The monoisotopic (exact) mass is 273 g/mol. The molecule has 0 aliphatic rings. The van der Waals surface area contributed by atoms with Crippen molar-refractivity contribution in [3.8, 4) is 5.75 Å². The van der Waals surface area contributed by atoms with Gasteiger partial charge in [0.1, 0.15) is 17.9 Å². The summed E-state index contributed by atoms with van der Waals surface area (Å²) in [4.78, 5) is 15.0. The lowest BCUT2D eigenvalue weighted by atomic mass is 10.2. The van der Waals surface area contributed by atoms with Crippen LogP contribution < -0.4 is 4.74 Å². The van der Waals surface area contributed by atoms with Crippen molar-refractivity contribution in [2.45, 2.75) is 6.61 Å². The van der Waals surface area contributed by atoms with Crippen LogP contribution in [-0.2, 0) is 11.3 Å². The van der Waals surface area contributed by atoms with Crippen LogP contribution in [0.5, 0.6) is 5.75 Å². The Morgan fingerprint density at radius 2 is 2.00 bits per heavy atom. The van der Waals surface area contributed by atoms with Crippen LogP contribution in [0.1, 0.15) is 15.9 Å². The smallest absolute Gasteiger partial charge is 0.339 e. The van der Waals surface area contributed by atoms with E-state index in [1.807, 2.05) is 12.1 Å². The summed E-state index contributed by atoms with van der Waals surface area (Å²) >= 11 is 0. The second-order valence-electron chi connectivity index (χ2n) is 4.06. The van der Waals surface area contributed by atoms with Gasteiger partial charge in [-0.05, 0) is 23.8 Å². The molecule has 0 spiro atoms. The van der Waals surface area contributed by atoms with Gasteiger partial charge < -0.3 is 14.6 Å². The van der Waals surface area contributed by atoms with Crippen LogP contribution in [0, 0.1) is 0 Å². The Morgan fingerprint density at radius 1 is 1.15 bits per heavy atom. The van der Waals surface area contributed by atoms with Crippen molar-refractivity contribution < 1.29 is 19.4 Å². The second-order valence-corrected chi connectivity index (χ2v) is 4.06. The summed E-state index contributed by atoms with van der Waals surface area (Å²) in [5, 5.41) is 9.00. The summed E-state index contributed by atoms with van der Waals surface area (Å²) in [5.41, 5.74) is 1.14. The minimum atomic E-state index is -1.00. The molecule has 1 aromatic heterocycles. The molecule has 20 heavy (non-hydrogen) atoms. The summed E-state index contributed by atoms with van der Waals surface area (Å²) < 4.78 is 10.8. The number of carboxylic acid groups (broad SMARTS) is 1. The zero-order valence-corrected chi connectivity index (χ0v) is 10.9. The molecule has 0 saturated heterocycles. The Kier molecular flexibility index (Phi) is 5.08. The molecule has 0 aliphatic heterocycles. The Hall–Kier alpha value is -2.40. The highest BCUT2D eigenvalue weighted by Gasteiger charge is 2.09. The highest BCUT2D eigenvalue weighted by Crippen LogP contribution is 2.17. The predicted octanol–water partition coefficient (Wildman–Crippen LogP) is 2.38. The van der Waals surface area contributed by atoms with Gasteiger partial charge in [-0.3, -0.25) is 4.98 Å². The van der Waals surface area contributed by atoms with Gasteiger partial charge in [0.05, 0.1) is 13.2 Å². The number of aromatic carboxylic acids is 1. The van der Waals surface area contributed by atoms with Gasteiger partial charge >= 0.3 is 5.97 Å². The molecular weight excluding hydrogens is 258 g/mol. The van der Waals surface area contributed by atoms with Crippen molar-refractivity contribution in [1.29, 1.82) is 0 Å². The Bertz CT molecular complexity index is 557. The lowest BCUT2D eigenvalue weighted by Crippen LogP contribution is -2.09. The van der Waals surface area contributed by atoms with Crippen LogP contribution in [0.2, 0.25) is 0 Å². The summed E-state index contributed by atoms with van der Waals surface area (Å²) in [6.45, 7) is 1.13. The third kappa shape index (κ3) is 4.07.